The van der Waals surface area contributed by atoms with Crippen LogP contribution in [0.15, 0.2) is 30.3 Å². The highest BCUT2D eigenvalue weighted by Crippen LogP contribution is 2.48. The molecule has 0 aliphatic carbocycles. The number of nitrogens with zero attached hydrogens (tertiary/aromatic N) is 1. The third-order valence-electron chi connectivity index (χ3n) is 5.33. The number of likely N-dealkylation sites (N-methyl/N-ethyl adjacent to an activating group) is 1. The third kappa shape index (κ3) is 4.08. The fraction of sp³-hybridized carbons (Fsp3) is 0.588. The number of carbonyl (C=O) groups is 1. The molecule has 4 rings (SSSR count). The van der Waals surface area contributed by atoms with Crippen LogP contribution < -0.4 is 0 Å². The summed E-state index contributed by atoms with van der Waals surface area (Å²) in [6.45, 7) is -0.226. The normalized spacial score (nSPS) is 32.7. The molecule has 3 aliphatic rings. The zero-order chi connectivity index (χ0) is 18.8. The Labute approximate surface area is 152 Å². The minimum atomic E-state index is -2.17. The van der Waals surface area contributed by atoms with Gasteiger partial charge in [-0.15, -0.1) is 0 Å². The quantitative estimate of drug-likeness (QED) is 0.300. The maximum Gasteiger partial charge on any atom is 0.631 e. The van der Waals surface area contributed by atoms with Crippen molar-refractivity contribution < 1.29 is 34.4 Å². The van der Waals surface area contributed by atoms with Gasteiger partial charge in [0.25, 0.3) is 0 Å². The largest absolute Gasteiger partial charge is 0.631 e. The molecular weight excluding hydrogens is 341 g/mol. The summed E-state index contributed by atoms with van der Waals surface area (Å²) in [5.41, 5.74) is 0.803. The Morgan fingerprint density at radius 2 is 1.77 bits per heavy atom. The smallest absolute Gasteiger partial charge is 0.462 e. The van der Waals surface area contributed by atoms with Gasteiger partial charge in [0.05, 0.1) is 6.61 Å². The average molecular weight is 365 g/mol. The Balaban J connectivity index is 0.000000447. The first kappa shape index (κ1) is 19.3. The van der Waals surface area contributed by atoms with Crippen molar-refractivity contribution in [3.8, 4) is 0 Å². The molecule has 0 amide bonds. The Kier molecular flexibility index (Phi) is 5.96. The molecule has 26 heavy (non-hydrogen) atoms. The van der Waals surface area contributed by atoms with E-state index in [0.29, 0.717) is 24.3 Å². The molecule has 0 aromatic heterocycles. The monoisotopic (exact) mass is 365 g/mol. The van der Waals surface area contributed by atoms with Crippen molar-refractivity contribution in [2.45, 2.75) is 49.2 Å². The number of morpholine rings is 1. The lowest BCUT2D eigenvalue weighted by Crippen LogP contribution is -2.48. The third-order valence-corrected chi connectivity index (χ3v) is 5.33. The molecule has 6 atom stereocenters. The molecule has 142 valence electrons. The Hall–Kier alpha value is -1.49. The van der Waals surface area contributed by atoms with Crippen molar-refractivity contribution in [3.05, 3.63) is 35.9 Å². The fourth-order valence-electron chi connectivity index (χ4n) is 4.04. The van der Waals surface area contributed by atoms with E-state index >= 15 is 0 Å². The molecule has 2 bridgehead atoms. The fourth-order valence-corrected chi connectivity index (χ4v) is 4.04. The lowest BCUT2D eigenvalue weighted by molar-refractivity contribution is -0.156. The Bertz CT molecular complexity index is 596. The van der Waals surface area contributed by atoms with E-state index in [1.165, 1.54) is 0 Å². The molecule has 3 heterocycles. The predicted octanol–water partition coefficient (Wildman–Crippen LogP) is -1.13. The van der Waals surface area contributed by atoms with Crippen LogP contribution in [0, 0.1) is 0 Å². The topological polar surface area (TPSA) is 123 Å². The minimum Gasteiger partial charge on any atom is -0.462 e. The molecule has 1 aromatic rings. The summed E-state index contributed by atoms with van der Waals surface area (Å²) in [7, 11) is -0.0383. The summed E-state index contributed by atoms with van der Waals surface area (Å²) >= 11 is 0. The highest BCUT2D eigenvalue weighted by atomic mass is 16.6. The van der Waals surface area contributed by atoms with E-state index in [9.17, 15) is 9.90 Å². The highest BCUT2D eigenvalue weighted by molar-refractivity contribution is 6.30. The number of epoxide rings is 1. The van der Waals surface area contributed by atoms with Gasteiger partial charge in [0.15, 0.2) is 0 Å². The standard InChI is InChI=1S/C17H21NO4.BH3O3/c1-18-13-7-11(8-14(18)16-15(13)22-16)21-17(20)12(9-19)10-5-3-2-4-6-10;2-1(3)4/h2-6,11-16,19H,7-9H2,1H3;2-4H/t11?,12-,13-,14+,15-,16+;/m1./s1. The zero-order valence-electron chi connectivity index (χ0n) is 14.5. The molecular formula is C17H24BNO7. The number of carbonyl (C=O) groups excluding carboxylic acids is 1. The van der Waals surface area contributed by atoms with Crippen molar-refractivity contribution in [3.63, 3.8) is 0 Å². The van der Waals surface area contributed by atoms with Crippen LogP contribution in [-0.2, 0) is 14.3 Å². The number of piperidine rings is 1. The molecule has 0 radical (unpaired) electrons. The molecule has 4 N–H and O–H groups in total. The minimum absolute atomic E-state index is 0.0622. The molecule has 8 nitrogen and oxygen atoms in total. The number of hydrogen-bond donors (Lipinski definition) is 4. The molecule has 9 heteroatoms. The predicted molar refractivity (Wildman–Crippen MR) is 91.8 cm³/mol. The second-order valence-electron chi connectivity index (χ2n) is 6.89. The van der Waals surface area contributed by atoms with E-state index < -0.39 is 13.2 Å². The summed E-state index contributed by atoms with van der Waals surface area (Å²) in [5, 5.41) is 31.1. The van der Waals surface area contributed by atoms with Crippen LogP contribution in [0.2, 0.25) is 0 Å². The number of esters is 1. The molecule has 3 fully saturated rings. The van der Waals surface area contributed by atoms with Gasteiger partial charge in [-0.2, -0.15) is 0 Å². The van der Waals surface area contributed by atoms with Crippen molar-refractivity contribution in [1.29, 1.82) is 0 Å². The summed E-state index contributed by atoms with van der Waals surface area (Å²) in [5.74, 6) is -0.915. The number of rotatable bonds is 4. The molecule has 3 saturated heterocycles. The highest BCUT2D eigenvalue weighted by Gasteiger charge is 2.62. The van der Waals surface area contributed by atoms with Crippen LogP contribution in [0.4, 0.5) is 0 Å². The van der Waals surface area contributed by atoms with Gasteiger partial charge >= 0.3 is 13.3 Å². The zero-order valence-corrected chi connectivity index (χ0v) is 14.5. The van der Waals surface area contributed by atoms with Crippen LogP contribution >= 0.6 is 0 Å². The number of aliphatic hydroxyl groups excluding tert-OH is 1. The van der Waals surface area contributed by atoms with Crippen molar-refractivity contribution in [1.82, 2.24) is 4.90 Å². The first-order valence-corrected chi connectivity index (χ1v) is 8.70. The van der Waals surface area contributed by atoms with Gasteiger partial charge in [0.2, 0.25) is 0 Å². The van der Waals surface area contributed by atoms with E-state index in [2.05, 4.69) is 11.9 Å². The van der Waals surface area contributed by atoms with E-state index in [1.807, 2.05) is 30.3 Å². The van der Waals surface area contributed by atoms with Crippen molar-refractivity contribution in [2.75, 3.05) is 13.7 Å². The van der Waals surface area contributed by atoms with Crippen LogP contribution in [0.3, 0.4) is 0 Å². The van der Waals surface area contributed by atoms with Gasteiger partial charge in [-0.25, -0.2) is 0 Å². The summed E-state index contributed by atoms with van der Waals surface area (Å²) < 4.78 is 11.4. The Morgan fingerprint density at radius 3 is 2.27 bits per heavy atom. The summed E-state index contributed by atoms with van der Waals surface area (Å²) in [6, 6.07) is 10.1. The van der Waals surface area contributed by atoms with Crippen molar-refractivity contribution >= 4 is 13.3 Å². The van der Waals surface area contributed by atoms with Gasteiger partial charge in [0, 0.05) is 24.9 Å². The van der Waals surface area contributed by atoms with Crippen LogP contribution in [0.25, 0.3) is 0 Å². The number of hydrogen-bond acceptors (Lipinski definition) is 8. The first-order chi connectivity index (χ1) is 12.4. The van der Waals surface area contributed by atoms with E-state index in [4.69, 9.17) is 24.5 Å². The number of aliphatic hydroxyl groups is 1. The van der Waals surface area contributed by atoms with Crippen LogP contribution in [0.5, 0.6) is 0 Å². The van der Waals surface area contributed by atoms with Gasteiger partial charge in [-0.05, 0) is 12.6 Å². The van der Waals surface area contributed by atoms with Gasteiger partial charge in [0.1, 0.15) is 24.2 Å². The van der Waals surface area contributed by atoms with E-state index in [-0.39, 0.29) is 18.7 Å². The number of benzene rings is 1. The molecule has 0 saturated carbocycles. The van der Waals surface area contributed by atoms with Crippen LogP contribution in [0.1, 0.15) is 24.3 Å². The van der Waals surface area contributed by atoms with E-state index in [0.717, 1.165) is 18.4 Å². The molecule has 1 aromatic carbocycles. The van der Waals surface area contributed by atoms with Gasteiger partial charge < -0.3 is 29.7 Å². The number of fused-ring (bicyclic) bond motifs is 5. The molecule has 1 unspecified atom stereocenters. The lowest BCUT2D eigenvalue weighted by Gasteiger charge is -2.38. The molecule has 0 spiro atoms. The van der Waals surface area contributed by atoms with Crippen LogP contribution in [-0.4, -0.2) is 82.4 Å². The maximum absolute atomic E-state index is 12.4. The summed E-state index contributed by atoms with van der Waals surface area (Å²) in [4.78, 5) is 14.8. The van der Waals surface area contributed by atoms with Gasteiger partial charge in [-0.1, -0.05) is 30.3 Å². The van der Waals surface area contributed by atoms with E-state index in [1.54, 1.807) is 0 Å². The van der Waals surface area contributed by atoms with Gasteiger partial charge in [-0.3, -0.25) is 9.69 Å². The maximum atomic E-state index is 12.4. The molecule has 3 aliphatic heterocycles. The summed E-state index contributed by atoms with van der Waals surface area (Å²) in [6.07, 6.45) is 2.26. The SMILES string of the molecule is CN1[C@@H]2CC(OC(=O)[C@H](CO)c3ccccc3)C[C@H]1[C@@H]1O[C@@H]12.OB(O)O. The van der Waals surface area contributed by atoms with Crippen molar-refractivity contribution in [2.24, 2.45) is 0 Å². The Morgan fingerprint density at radius 1 is 1.23 bits per heavy atom. The first-order valence-electron chi connectivity index (χ1n) is 8.70. The second-order valence-corrected chi connectivity index (χ2v) is 6.89. The second kappa shape index (κ2) is 8.04. The number of ether oxygens (including phenoxy) is 2. The average Bonchev–Trinajstić information content (AvgIpc) is 3.34. The lowest BCUT2D eigenvalue weighted by atomic mass is 9.97.